The van der Waals surface area contributed by atoms with Gasteiger partial charge in [0, 0.05) is 25.8 Å². The molecule has 1 fully saturated rings. The summed E-state index contributed by atoms with van der Waals surface area (Å²) < 4.78 is 15.0. The zero-order valence-corrected chi connectivity index (χ0v) is 10.2. The van der Waals surface area contributed by atoms with Crippen LogP contribution in [0.5, 0.6) is 0 Å². The van der Waals surface area contributed by atoms with Crippen LogP contribution in [0, 0.1) is 5.92 Å². The fourth-order valence-electron chi connectivity index (χ4n) is 1.34. The van der Waals surface area contributed by atoms with Gasteiger partial charge < -0.3 is 13.6 Å². The molecule has 6 heteroatoms. The van der Waals surface area contributed by atoms with Crippen LogP contribution in [-0.2, 0) is 23.2 Å². The summed E-state index contributed by atoms with van der Waals surface area (Å²) in [6, 6.07) is 0.674. The van der Waals surface area contributed by atoms with Crippen molar-refractivity contribution in [2.75, 3.05) is 13.2 Å². The average molecular weight is 232 g/mol. The topological polar surface area (TPSA) is 61.8 Å². The second kappa shape index (κ2) is 5.87. The van der Waals surface area contributed by atoms with Crippen molar-refractivity contribution in [3.05, 3.63) is 0 Å². The van der Waals surface area contributed by atoms with Gasteiger partial charge in [0.2, 0.25) is 0 Å². The van der Waals surface area contributed by atoms with Crippen molar-refractivity contribution in [2.45, 2.75) is 26.3 Å². The SMILES string of the molecule is CC(=O)O[SiH](CCC1COC1)OC(C)=O. The summed E-state index contributed by atoms with van der Waals surface area (Å²) in [6.45, 7) is 4.19. The third-order valence-electron chi connectivity index (χ3n) is 2.11. The lowest BCUT2D eigenvalue weighted by Gasteiger charge is -2.26. The molecule has 5 nitrogen and oxygen atoms in total. The van der Waals surface area contributed by atoms with Crippen LogP contribution in [0.15, 0.2) is 0 Å². The van der Waals surface area contributed by atoms with Crippen LogP contribution in [0.25, 0.3) is 0 Å². The van der Waals surface area contributed by atoms with Crippen molar-refractivity contribution >= 4 is 21.2 Å². The van der Waals surface area contributed by atoms with Crippen LogP contribution in [-0.4, -0.2) is 34.4 Å². The first-order chi connectivity index (χ1) is 7.08. The van der Waals surface area contributed by atoms with Crippen molar-refractivity contribution in [3.8, 4) is 0 Å². The average Bonchev–Trinajstić information content (AvgIpc) is 1.98. The molecule has 86 valence electrons. The molecule has 0 saturated carbocycles. The highest BCUT2D eigenvalue weighted by atomic mass is 28.3. The van der Waals surface area contributed by atoms with E-state index in [0.717, 1.165) is 19.6 Å². The van der Waals surface area contributed by atoms with Gasteiger partial charge in [-0.15, -0.1) is 0 Å². The lowest BCUT2D eigenvalue weighted by molar-refractivity contribution is -0.137. The van der Waals surface area contributed by atoms with E-state index in [0.29, 0.717) is 12.0 Å². The third kappa shape index (κ3) is 4.94. The second-order valence-electron chi connectivity index (χ2n) is 3.63. The second-order valence-corrected chi connectivity index (χ2v) is 5.54. The van der Waals surface area contributed by atoms with E-state index in [1.54, 1.807) is 0 Å². The van der Waals surface area contributed by atoms with Gasteiger partial charge in [-0.1, -0.05) is 0 Å². The van der Waals surface area contributed by atoms with Gasteiger partial charge in [0.1, 0.15) is 0 Å². The summed E-state index contributed by atoms with van der Waals surface area (Å²) in [5.41, 5.74) is 0. The maximum Gasteiger partial charge on any atom is 0.448 e. The van der Waals surface area contributed by atoms with Crippen LogP contribution in [0.1, 0.15) is 20.3 Å². The van der Waals surface area contributed by atoms with E-state index in [2.05, 4.69) is 0 Å². The van der Waals surface area contributed by atoms with Gasteiger partial charge in [-0.25, -0.2) is 0 Å². The maximum absolute atomic E-state index is 10.8. The molecule has 0 aromatic heterocycles. The molecule has 1 rings (SSSR count). The first-order valence-corrected chi connectivity index (χ1v) is 6.76. The van der Waals surface area contributed by atoms with Gasteiger partial charge >= 0.3 is 9.28 Å². The van der Waals surface area contributed by atoms with Gasteiger partial charge in [0.25, 0.3) is 11.9 Å². The number of hydrogen-bond acceptors (Lipinski definition) is 5. The Morgan fingerprint density at radius 2 is 1.80 bits per heavy atom. The zero-order valence-electron chi connectivity index (χ0n) is 9.02. The Morgan fingerprint density at radius 1 is 1.27 bits per heavy atom. The predicted molar refractivity (Wildman–Crippen MR) is 54.4 cm³/mol. The van der Waals surface area contributed by atoms with Gasteiger partial charge in [0.05, 0.1) is 13.2 Å². The van der Waals surface area contributed by atoms with E-state index >= 15 is 0 Å². The van der Waals surface area contributed by atoms with Crippen molar-refractivity contribution in [2.24, 2.45) is 5.92 Å². The predicted octanol–water partition coefficient (Wildman–Crippen LogP) is 0.370. The fraction of sp³-hybridized carbons (Fsp3) is 0.778. The first kappa shape index (κ1) is 12.2. The molecule has 0 aromatic carbocycles. The van der Waals surface area contributed by atoms with Crippen molar-refractivity contribution < 1.29 is 23.2 Å². The van der Waals surface area contributed by atoms with Crippen LogP contribution in [0.2, 0.25) is 6.04 Å². The summed E-state index contributed by atoms with van der Waals surface area (Å²) >= 11 is 0. The van der Waals surface area contributed by atoms with E-state index in [9.17, 15) is 9.59 Å². The Balaban J connectivity index is 2.26. The number of hydrogen-bond donors (Lipinski definition) is 0. The summed E-state index contributed by atoms with van der Waals surface area (Å²) in [6.07, 6.45) is 0.900. The zero-order chi connectivity index (χ0) is 11.3. The molecule has 0 spiro atoms. The molecule has 0 radical (unpaired) electrons. The molecule has 0 aliphatic carbocycles. The van der Waals surface area contributed by atoms with Crippen LogP contribution < -0.4 is 0 Å². The highest BCUT2D eigenvalue weighted by Gasteiger charge is 2.25. The van der Waals surface area contributed by atoms with E-state index in [1.165, 1.54) is 13.8 Å². The highest BCUT2D eigenvalue weighted by Crippen LogP contribution is 2.18. The quantitative estimate of drug-likeness (QED) is 0.641. The molecule has 1 heterocycles. The molecule has 1 saturated heterocycles. The lowest BCUT2D eigenvalue weighted by Crippen LogP contribution is -2.32. The number of rotatable bonds is 5. The Hall–Kier alpha value is -0.883. The monoisotopic (exact) mass is 232 g/mol. The van der Waals surface area contributed by atoms with E-state index in [-0.39, 0.29) is 11.9 Å². The maximum atomic E-state index is 10.8. The molecule has 0 bridgehead atoms. The number of carbonyl (C=O) groups is 2. The van der Waals surface area contributed by atoms with Gasteiger partial charge in [-0.3, -0.25) is 9.59 Å². The van der Waals surface area contributed by atoms with Crippen LogP contribution in [0.3, 0.4) is 0 Å². The molecule has 0 unspecified atom stereocenters. The highest BCUT2D eigenvalue weighted by molar-refractivity contribution is 6.48. The van der Waals surface area contributed by atoms with E-state index < -0.39 is 9.28 Å². The molecule has 0 N–H and O–H groups in total. The molecule has 15 heavy (non-hydrogen) atoms. The number of ether oxygens (including phenoxy) is 1. The lowest BCUT2D eigenvalue weighted by atomic mass is 10.1. The van der Waals surface area contributed by atoms with Gasteiger partial charge in [0.15, 0.2) is 0 Å². The number of carbonyl (C=O) groups excluding carboxylic acids is 2. The molecule has 0 aromatic rings. The van der Waals surface area contributed by atoms with E-state index in [1.807, 2.05) is 0 Å². The molecule has 0 atom stereocenters. The van der Waals surface area contributed by atoms with Crippen molar-refractivity contribution in [1.29, 1.82) is 0 Å². The Kier molecular flexibility index (Phi) is 4.77. The van der Waals surface area contributed by atoms with Gasteiger partial charge in [-0.05, 0) is 6.42 Å². The molecule has 1 aliphatic heterocycles. The summed E-state index contributed by atoms with van der Waals surface area (Å²) in [5.74, 6) is -0.221. The van der Waals surface area contributed by atoms with Crippen molar-refractivity contribution in [1.82, 2.24) is 0 Å². The standard InChI is InChI=1S/C9H16O5Si/c1-7(10)13-15(14-8(2)11)4-3-9-5-12-6-9/h9,15H,3-6H2,1-2H3. The summed E-state index contributed by atoms with van der Waals surface area (Å²) in [4.78, 5) is 21.5. The van der Waals surface area contributed by atoms with Crippen LogP contribution in [0.4, 0.5) is 0 Å². The van der Waals surface area contributed by atoms with Crippen molar-refractivity contribution in [3.63, 3.8) is 0 Å². The smallest absolute Gasteiger partial charge is 0.448 e. The normalized spacial score (nSPS) is 15.9. The minimum Gasteiger partial charge on any atom is -0.487 e. The van der Waals surface area contributed by atoms with Crippen LogP contribution >= 0.6 is 0 Å². The molecule has 1 aliphatic rings. The minimum absolute atomic E-state index is 0.377. The first-order valence-electron chi connectivity index (χ1n) is 5.00. The molecule has 0 amide bonds. The summed E-state index contributed by atoms with van der Waals surface area (Å²) in [7, 11) is -2.14. The fourth-order valence-corrected chi connectivity index (χ4v) is 3.10. The molecular formula is C9H16O5Si. The largest absolute Gasteiger partial charge is 0.487 e. The Morgan fingerprint density at radius 3 is 2.13 bits per heavy atom. The minimum atomic E-state index is -2.14. The van der Waals surface area contributed by atoms with Gasteiger partial charge in [-0.2, -0.15) is 0 Å². The Bertz CT molecular complexity index is 223. The Labute approximate surface area is 90.5 Å². The summed E-state index contributed by atoms with van der Waals surface area (Å²) in [5, 5.41) is 0. The third-order valence-corrected chi connectivity index (χ3v) is 4.11. The molecular weight excluding hydrogens is 216 g/mol. The van der Waals surface area contributed by atoms with E-state index in [4.69, 9.17) is 13.6 Å².